The maximum Gasteiger partial charge on any atom is 0.280 e. The van der Waals surface area contributed by atoms with Gasteiger partial charge in [-0.15, -0.1) is 0 Å². The molecule has 0 saturated carbocycles. The third kappa shape index (κ3) is 3.27. The average molecular weight is 377 g/mol. The number of hydrogen-bond donors (Lipinski definition) is 1. The minimum atomic E-state index is -0.628. The van der Waals surface area contributed by atoms with Gasteiger partial charge in [0.15, 0.2) is 5.69 Å². The molecule has 2 aromatic heterocycles. The van der Waals surface area contributed by atoms with E-state index in [1.165, 1.54) is 21.6 Å². The smallest absolute Gasteiger partial charge is 0.280 e. The Kier molecular flexibility index (Phi) is 4.44. The lowest BCUT2D eigenvalue weighted by molar-refractivity contribution is 0.101. The Morgan fingerprint density at radius 1 is 1.14 bits per heavy atom. The topological polar surface area (TPSA) is 81.8 Å². The average Bonchev–Trinajstić information content (AvgIpc) is 3.13. The van der Waals surface area contributed by atoms with Crippen LogP contribution < -0.4 is 10.7 Å². The summed E-state index contributed by atoms with van der Waals surface area (Å²) in [5.41, 5.74) is 0.863. The van der Waals surface area contributed by atoms with Crippen molar-refractivity contribution in [2.24, 2.45) is 7.05 Å². The number of halogens is 1. The van der Waals surface area contributed by atoms with Gasteiger partial charge in [-0.3, -0.25) is 19.0 Å². The van der Waals surface area contributed by atoms with E-state index < -0.39 is 11.3 Å². The first-order valence-electron chi connectivity index (χ1n) is 8.56. The maximum absolute atomic E-state index is 13.8. The van der Waals surface area contributed by atoms with Crippen molar-refractivity contribution in [3.63, 3.8) is 0 Å². The van der Waals surface area contributed by atoms with E-state index in [1.807, 2.05) is 0 Å². The third-order valence-electron chi connectivity index (χ3n) is 4.36. The van der Waals surface area contributed by atoms with E-state index in [0.717, 1.165) is 0 Å². The van der Waals surface area contributed by atoms with E-state index in [1.54, 1.807) is 55.7 Å². The molecule has 0 fully saturated rings. The van der Waals surface area contributed by atoms with Gasteiger partial charge in [0.2, 0.25) is 5.43 Å². The van der Waals surface area contributed by atoms with Crippen LogP contribution in [0.15, 0.2) is 65.7 Å². The summed E-state index contributed by atoms with van der Waals surface area (Å²) in [4.78, 5) is 25.2. The Morgan fingerprint density at radius 3 is 2.71 bits per heavy atom. The van der Waals surface area contributed by atoms with Crippen molar-refractivity contribution in [2.75, 3.05) is 5.32 Å². The highest BCUT2D eigenvalue weighted by Crippen LogP contribution is 2.12. The van der Waals surface area contributed by atoms with E-state index in [-0.39, 0.29) is 18.1 Å². The number of benzene rings is 2. The highest BCUT2D eigenvalue weighted by Gasteiger charge is 2.17. The molecule has 0 radical (unpaired) electrons. The molecule has 2 aromatic carbocycles. The van der Waals surface area contributed by atoms with Crippen LogP contribution in [0.1, 0.15) is 16.1 Å². The zero-order valence-electron chi connectivity index (χ0n) is 15.0. The van der Waals surface area contributed by atoms with Crippen LogP contribution in [-0.4, -0.2) is 25.5 Å². The van der Waals surface area contributed by atoms with Gasteiger partial charge in [-0.25, -0.2) is 4.39 Å². The van der Waals surface area contributed by atoms with E-state index in [9.17, 15) is 14.0 Å². The number of aromatic nitrogens is 4. The summed E-state index contributed by atoms with van der Waals surface area (Å²) in [6, 6.07) is 13.4. The largest absolute Gasteiger partial charge is 0.318 e. The standard InChI is InChI=1S/C20H16FN5O2/c1-25-17-9-5-3-7-15(17)19(27)18(24-25)20(28)23-14-10-22-26(12-14)11-13-6-2-4-8-16(13)21/h2-10,12H,11H2,1H3,(H,23,28). The first-order valence-corrected chi connectivity index (χ1v) is 8.56. The lowest BCUT2D eigenvalue weighted by atomic mass is 10.2. The van der Waals surface area contributed by atoms with Crippen LogP contribution in [0.3, 0.4) is 0 Å². The summed E-state index contributed by atoms with van der Waals surface area (Å²) < 4.78 is 16.8. The van der Waals surface area contributed by atoms with Gasteiger partial charge in [-0.1, -0.05) is 30.3 Å². The van der Waals surface area contributed by atoms with Crippen molar-refractivity contribution < 1.29 is 9.18 Å². The molecule has 4 rings (SSSR count). The molecule has 0 bridgehead atoms. The molecule has 4 aromatic rings. The van der Waals surface area contributed by atoms with Crippen LogP contribution >= 0.6 is 0 Å². The van der Waals surface area contributed by atoms with E-state index in [4.69, 9.17) is 0 Å². The number of para-hydroxylation sites is 1. The zero-order chi connectivity index (χ0) is 19.7. The number of rotatable bonds is 4. The molecule has 0 atom stereocenters. The number of amides is 1. The summed E-state index contributed by atoms with van der Waals surface area (Å²) in [6.07, 6.45) is 3.00. The molecule has 7 nitrogen and oxygen atoms in total. The molecule has 0 aliphatic heterocycles. The SMILES string of the molecule is Cn1nc(C(=O)Nc2cnn(Cc3ccccc3F)c2)c(=O)c2ccccc21. The van der Waals surface area contributed by atoms with Crippen LogP contribution in [0.4, 0.5) is 10.1 Å². The first kappa shape index (κ1) is 17.6. The number of carbonyl (C=O) groups excluding carboxylic acids is 1. The summed E-state index contributed by atoms with van der Waals surface area (Å²) in [5, 5.41) is 11.3. The molecule has 1 amide bonds. The highest BCUT2D eigenvalue weighted by atomic mass is 19.1. The molecule has 2 heterocycles. The molecule has 0 aliphatic rings. The van der Waals surface area contributed by atoms with Gasteiger partial charge in [0.05, 0.1) is 23.9 Å². The van der Waals surface area contributed by atoms with E-state index >= 15 is 0 Å². The number of fused-ring (bicyclic) bond motifs is 1. The lowest BCUT2D eigenvalue weighted by Gasteiger charge is -2.07. The lowest BCUT2D eigenvalue weighted by Crippen LogP contribution is -2.26. The molecule has 140 valence electrons. The van der Waals surface area contributed by atoms with Crippen molar-refractivity contribution in [3.8, 4) is 0 Å². The molecule has 0 aliphatic carbocycles. The van der Waals surface area contributed by atoms with Crippen LogP contribution in [0, 0.1) is 5.82 Å². The van der Waals surface area contributed by atoms with Crippen molar-refractivity contribution in [2.45, 2.75) is 6.54 Å². The second-order valence-corrected chi connectivity index (χ2v) is 6.29. The summed E-state index contributed by atoms with van der Waals surface area (Å²) in [5.74, 6) is -0.954. The molecule has 0 saturated heterocycles. The van der Waals surface area contributed by atoms with Crippen molar-refractivity contribution in [1.29, 1.82) is 0 Å². The summed E-state index contributed by atoms with van der Waals surface area (Å²) in [7, 11) is 1.67. The predicted octanol–water partition coefficient (Wildman–Crippen LogP) is 2.57. The fourth-order valence-electron chi connectivity index (χ4n) is 2.98. The Hall–Kier alpha value is -3.81. The van der Waals surface area contributed by atoms with Gasteiger partial charge in [0, 0.05) is 24.2 Å². The highest BCUT2D eigenvalue weighted by molar-refractivity contribution is 6.04. The zero-order valence-corrected chi connectivity index (χ0v) is 15.0. The fraction of sp³-hybridized carbons (Fsp3) is 0.100. The minimum Gasteiger partial charge on any atom is -0.318 e. The monoisotopic (exact) mass is 377 g/mol. The number of nitrogens with one attached hydrogen (secondary N) is 1. The third-order valence-corrected chi connectivity index (χ3v) is 4.36. The molecule has 8 heteroatoms. The number of hydrogen-bond acceptors (Lipinski definition) is 4. The van der Waals surface area contributed by atoms with Crippen molar-refractivity contribution in [1.82, 2.24) is 19.6 Å². The maximum atomic E-state index is 13.8. The minimum absolute atomic E-state index is 0.206. The van der Waals surface area contributed by atoms with Gasteiger partial charge in [0.25, 0.3) is 5.91 Å². The molecular weight excluding hydrogens is 361 g/mol. The first-order chi connectivity index (χ1) is 13.5. The predicted molar refractivity (Wildman–Crippen MR) is 103 cm³/mol. The fourth-order valence-corrected chi connectivity index (χ4v) is 2.98. The van der Waals surface area contributed by atoms with Gasteiger partial charge in [-0.05, 0) is 18.2 Å². The van der Waals surface area contributed by atoms with Crippen molar-refractivity contribution in [3.05, 3.63) is 88.2 Å². The summed E-state index contributed by atoms with van der Waals surface area (Å²) in [6.45, 7) is 0.221. The molecule has 0 spiro atoms. The van der Waals surface area contributed by atoms with E-state index in [0.29, 0.717) is 22.2 Å². The van der Waals surface area contributed by atoms with Gasteiger partial charge in [0.1, 0.15) is 5.82 Å². The molecule has 1 N–H and O–H groups in total. The van der Waals surface area contributed by atoms with Crippen LogP contribution in [0.5, 0.6) is 0 Å². The number of nitrogens with zero attached hydrogens (tertiary/aromatic N) is 4. The summed E-state index contributed by atoms with van der Waals surface area (Å²) >= 11 is 0. The molecule has 28 heavy (non-hydrogen) atoms. The second kappa shape index (κ2) is 7.07. The van der Waals surface area contributed by atoms with Crippen LogP contribution in [0.2, 0.25) is 0 Å². The normalized spacial score (nSPS) is 10.9. The van der Waals surface area contributed by atoms with Gasteiger partial charge >= 0.3 is 0 Å². The quantitative estimate of drug-likeness (QED) is 0.593. The molecular formula is C20H16FN5O2. The molecule has 0 unspecified atom stereocenters. The van der Waals surface area contributed by atoms with Crippen LogP contribution in [0.25, 0.3) is 10.9 Å². The number of carbonyl (C=O) groups is 1. The van der Waals surface area contributed by atoms with Crippen molar-refractivity contribution >= 4 is 22.5 Å². The van der Waals surface area contributed by atoms with Gasteiger partial charge < -0.3 is 5.32 Å². The number of aryl methyl sites for hydroxylation is 1. The second-order valence-electron chi connectivity index (χ2n) is 6.29. The Morgan fingerprint density at radius 2 is 1.89 bits per heavy atom. The number of anilines is 1. The Bertz CT molecular complexity index is 1240. The van der Waals surface area contributed by atoms with E-state index in [2.05, 4.69) is 15.5 Å². The van der Waals surface area contributed by atoms with Crippen LogP contribution in [-0.2, 0) is 13.6 Å². The van der Waals surface area contributed by atoms with Gasteiger partial charge in [-0.2, -0.15) is 10.2 Å². The Balaban J connectivity index is 1.57. The Labute approximate surface area is 159 Å².